The molecule has 0 aliphatic carbocycles. The van der Waals surface area contributed by atoms with E-state index in [1.807, 2.05) is 0 Å². The molecule has 104 valence electrons. The largest absolute Gasteiger partial charge is 0.462 e. The van der Waals surface area contributed by atoms with Crippen molar-refractivity contribution in [2.24, 2.45) is 0 Å². The fraction of sp³-hybridized carbons (Fsp3) is 0.188. The first kappa shape index (κ1) is 14.8. The highest BCUT2D eigenvalue weighted by atomic mass is 32.1. The summed E-state index contributed by atoms with van der Waals surface area (Å²) in [5.74, 6) is 2.09. The lowest BCUT2D eigenvalue weighted by atomic mass is 10.1. The molecule has 1 aromatic carbocycles. The van der Waals surface area contributed by atoms with E-state index >= 15 is 0 Å². The monoisotopic (exact) mass is 296 g/mol. The number of rotatable bonds is 3. The molecular weight excluding hydrogens is 284 g/mol. The number of benzene rings is 1. The van der Waals surface area contributed by atoms with Crippen molar-refractivity contribution in [3.05, 3.63) is 39.9 Å². The van der Waals surface area contributed by atoms with E-state index in [2.05, 4.69) is 17.0 Å². The molecule has 0 bridgehead atoms. The van der Waals surface area contributed by atoms with Crippen molar-refractivity contribution in [3.8, 4) is 29.0 Å². The van der Waals surface area contributed by atoms with Gasteiger partial charge in [-0.3, -0.25) is 0 Å². The van der Waals surface area contributed by atoms with Crippen molar-refractivity contribution >= 4 is 17.3 Å². The van der Waals surface area contributed by atoms with Crippen LogP contribution in [0.1, 0.15) is 33.4 Å². The van der Waals surface area contributed by atoms with Crippen LogP contribution in [0.25, 0.3) is 10.6 Å². The van der Waals surface area contributed by atoms with E-state index in [1.54, 1.807) is 32.0 Å². The van der Waals surface area contributed by atoms with Crippen molar-refractivity contribution in [2.75, 3.05) is 6.61 Å². The van der Waals surface area contributed by atoms with Gasteiger partial charge in [0.2, 0.25) is 0 Å². The van der Waals surface area contributed by atoms with Crippen LogP contribution in [-0.2, 0) is 4.74 Å². The summed E-state index contributed by atoms with van der Waals surface area (Å²) in [5.41, 5.74) is 2.34. The van der Waals surface area contributed by atoms with E-state index in [4.69, 9.17) is 16.4 Å². The lowest BCUT2D eigenvalue weighted by Crippen LogP contribution is -2.03. The van der Waals surface area contributed by atoms with Crippen molar-refractivity contribution in [1.29, 1.82) is 5.26 Å². The van der Waals surface area contributed by atoms with Crippen molar-refractivity contribution in [3.63, 3.8) is 0 Å². The second-order valence-electron chi connectivity index (χ2n) is 4.17. The number of ether oxygens (including phenoxy) is 1. The van der Waals surface area contributed by atoms with Crippen LogP contribution < -0.4 is 0 Å². The average molecular weight is 296 g/mol. The zero-order valence-corrected chi connectivity index (χ0v) is 12.5. The Morgan fingerprint density at radius 1 is 1.48 bits per heavy atom. The summed E-state index contributed by atoms with van der Waals surface area (Å²) in [4.78, 5) is 16.7. The van der Waals surface area contributed by atoms with E-state index in [0.717, 1.165) is 5.56 Å². The third kappa shape index (κ3) is 2.94. The number of hydrogen-bond acceptors (Lipinski definition) is 5. The minimum atomic E-state index is -0.375. The van der Waals surface area contributed by atoms with Crippen molar-refractivity contribution in [2.45, 2.75) is 13.8 Å². The SMILES string of the molecule is C#Cc1ccc(-c2nc(C)c(C(=O)OCC)s2)cc1C#N. The zero-order chi connectivity index (χ0) is 15.4. The van der Waals surface area contributed by atoms with Gasteiger partial charge in [-0.2, -0.15) is 5.26 Å². The van der Waals surface area contributed by atoms with Gasteiger partial charge >= 0.3 is 5.97 Å². The molecular formula is C16H12N2O2S. The van der Waals surface area contributed by atoms with Gasteiger partial charge in [-0.1, -0.05) is 12.0 Å². The lowest BCUT2D eigenvalue weighted by molar-refractivity contribution is 0.0531. The Labute approximate surface area is 127 Å². The first-order valence-electron chi connectivity index (χ1n) is 6.26. The maximum absolute atomic E-state index is 11.8. The van der Waals surface area contributed by atoms with Gasteiger partial charge < -0.3 is 4.74 Å². The zero-order valence-electron chi connectivity index (χ0n) is 11.6. The number of thiazole rings is 1. The Morgan fingerprint density at radius 2 is 2.24 bits per heavy atom. The Hall–Kier alpha value is -2.63. The van der Waals surface area contributed by atoms with Crippen LogP contribution in [0.2, 0.25) is 0 Å². The van der Waals surface area contributed by atoms with Gasteiger partial charge in [-0.25, -0.2) is 9.78 Å². The molecule has 1 heterocycles. The number of nitrogens with zero attached hydrogens (tertiary/aromatic N) is 2. The number of hydrogen-bond donors (Lipinski definition) is 0. The molecule has 0 radical (unpaired) electrons. The summed E-state index contributed by atoms with van der Waals surface area (Å²) >= 11 is 1.25. The average Bonchev–Trinajstić information content (AvgIpc) is 2.88. The van der Waals surface area contributed by atoms with Crippen LogP contribution in [-0.4, -0.2) is 17.6 Å². The molecule has 0 atom stereocenters. The summed E-state index contributed by atoms with van der Waals surface area (Å²) in [7, 11) is 0. The Kier molecular flexibility index (Phi) is 4.37. The molecule has 1 aromatic heterocycles. The van der Waals surface area contributed by atoms with Crippen LogP contribution >= 0.6 is 11.3 Å². The second-order valence-corrected chi connectivity index (χ2v) is 5.17. The van der Waals surface area contributed by atoms with Crippen LogP contribution in [0, 0.1) is 30.6 Å². The number of carbonyl (C=O) groups excluding carboxylic acids is 1. The van der Waals surface area contributed by atoms with Crippen LogP contribution in [0.3, 0.4) is 0 Å². The molecule has 0 aliphatic rings. The highest BCUT2D eigenvalue weighted by Crippen LogP contribution is 2.29. The molecule has 0 fully saturated rings. The summed E-state index contributed by atoms with van der Waals surface area (Å²) in [5, 5.41) is 9.76. The molecule has 0 aliphatic heterocycles. The summed E-state index contributed by atoms with van der Waals surface area (Å²) in [6, 6.07) is 7.24. The van der Waals surface area contributed by atoms with Gasteiger partial charge in [0.1, 0.15) is 16.0 Å². The predicted molar refractivity (Wildman–Crippen MR) is 80.9 cm³/mol. The highest BCUT2D eigenvalue weighted by molar-refractivity contribution is 7.17. The topological polar surface area (TPSA) is 63.0 Å². The molecule has 0 unspecified atom stereocenters. The third-order valence-electron chi connectivity index (χ3n) is 2.80. The van der Waals surface area contributed by atoms with Gasteiger partial charge in [-0.15, -0.1) is 17.8 Å². The fourth-order valence-corrected chi connectivity index (χ4v) is 2.76. The molecule has 2 rings (SSSR count). The van der Waals surface area contributed by atoms with E-state index in [9.17, 15) is 4.79 Å². The summed E-state index contributed by atoms with van der Waals surface area (Å²) < 4.78 is 4.99. The Morgan fingerprint density at radius 3 is 2.86 bits per heavy atom. The molecule has 5 heteroatoms. The van der Waals surface area contributed by atoms with E-state index in [1.165, 1.54) is 11.3 Å². The molecule has 2 aromatic rings. The van der Waals surface area contributed by atoms with Crippen LogP contribution in [0.5, 0.6) is 0 Å². The quantitative estimate of drug-likeness (QED) is 0.645. The normalized spacial score (nSPS) is 9.71. The van der Waals surface area contributed by atoms with Gasteiger partial charge in [0.15, 0.2) is 0 Å². The summed E-state index contributed by atoms with van der Waals surface area (Å²) in [6.45, 7) is 3.83. The van der Waals surface area contributed by atoms with Gasteiger partial charge in [0, 0.05) is 11.1 Å². The first-order valence-corrected chi connectivity index (χ1v) is 7.08. The number of aryl methyl sites for hydroxylation is 1. The minimum absolute atomic E-state index is 0.320. The third-order valence-corrected chi connectivity index (χ3v) is 3.99. The summed E-state index contributed by atoms with van der Waals surface area (Å²) in [6.07, 6.45) is 5.34. The maximum atomic E-state index is 11.8. The Bertz CT molecular complexity index is 779. The number of carbonyl (C=O) groups is 1. The molecule has 0 amide bonds. The minimum Gasteiger partial charge on any atom is -0.462 e. The number of terminal acetylenes is 1. The maximum Gasteiger partial charge on any atom is 0.350 e. The lowest BCUT2D eigenvalue weighted by Gasteiger charge is -1.99. The van der Waals surface area contributed by atoms with Gasteiger partial charge in [0.05, 0.1) is 17.9 Å². The van der Waals surface area contributed by atoms with Crippen molar-refractivity contribution in [1.82, 2.24) is 4.98 Å². The smallest absolute Gasteiger partial charge is 0.350 e. The first-order chi connectivity index (χ1) is 10.1. The van der Waals surface area contributed by atoms with E-state index in [0.29, 0.717) is 33.3 Å². The van der Waals surface area contributed by atoms with Crippen LogP contribution in [0.15, 0.2) is 18.2 Å². The van der Waals surface area contributed by atoms with Gasteiger partial charge in [-0.05, 0) is 26.0 Å². The molecule has 0 spiro atoms. The fourth-order valence-electron chi connectivity index (χ4n) is 1.80. The highest BCUT2D eigenvalue weighted by Gasteiger charge is 2.17. The number of aromatic nitrogens is 1. The Balaban J connectivity index is 2.45. The van der Waals surface area contributed by atoms with Gasteiger partial charge in [0.25, 0.3) is 0 Å². The molecule has 21 heavy (non-hydrogen) atoms. The van der Waals surface area contributed by atoms with E-state index < -0.39 is 0 Å². The molecule has 4 nitrogen and oxygen atoms in total. The van der Waals surface area contributed by atoms with E-state index in [-0.39, 0.29) is 5.97 Å². The second kappa shape index (κ2) is 6.21. The number of nitriles is 1. The standard InChI is InChI=1S/C16H12N2O2S/c1-4-11-6-7-12(8-13(11)9-17)15-18-10(3)14(21-15)16(19)20-5-2/h1,6-8H,5H2,2-3H3. The molecule has 0 saturated carbocycles. The van der Waals surface area contributed by atoms with Crippen molar-refractivity contribution < 1.29 is 9.53 Å². The molecule has 0 saturated heterocycles. The van der Waals surface area contributed by atoms with Crippen LogP contribution in [0.4, 0.5) is 0 Å². The predicted octanol–water partition coefficient (Wildman–Crippen LogP) is 3.15. The number of esters is 1. The molecule has 0 N–H and O–H groups in total.